The maximum absolute atomic E-state index is 11.6. The molecule has 0 saturated carbocycles. The standard InChI is InChI=1S/C7H13O3PS2/c1-5-7(13-6(2)12)4-11(8,9-3)10-5/h4-6,12H,1-3H3. The Bertz CT molecular complexity index is 264. The number of hydrogen-bond donors (Lipinski definition) is 1. The summed E-state index contributed by atoms with van der Waals surface area (Å²) in [7, 11) is -1.55. The predicted molar refractivity (Wildman–Crippen MR) is 59.3 cm³/mol. The highest BCUT2D eigenvalue weighted by Crippen LogP contribution is 2.58. The summed E-state index contributed by atoms with van der Waals surface area (Å²) in [4.78, 5) is 0.938. The van der Waals surface area contributed by atoms with Crippen molar-refractivity contribution in [1.29, 1.82) is 0 Å². The summed E-state index contributed by atoms with van der Waals surface area (Å²) in [6.07, 6.45) is -0.148. The van der Waals surface area contributed by atoms with Crippen LogP contribution in [-0.4, -0.2) is 17.8 Å². The summed E-state index contributed by atoms with van der Waals surface area (Å²) in [6, 6.07) is 0. The molecule has 6 heteroatoms. The van der Waals surface area contributed by atoms with Crippen molar-refractivity contribution < 1.29 is 13.6 Å². The van der Waals surface area contributed by atoms with Gasteiger partial charge in [0.2, 0.25) is 0 Å². The van der Waals surface area contributed by atoms with E-state index in [1.807, 2.05) is 13.8 Å². The molecule has 0 radical (unpaired) electrons. The van der Waals surface area contributed by atoms with E-state index in [2.05, 4.69) is 12.6 Å². The Morgan fingerprint density at radius 1 is 1.85 bits per heavy atom. The normalized spacial score (nSPS) is 36.0. The first-order valence-electron chi connectivity index (χ1n) is 3.88. The summed E-state index contributed by atoms with van der Waals surface area (Å²) < 4.78 is 21.8. The Labute approximate surface area is 88.2 Å². The van der Waals surface area contributed by atoms with E-state index in [0.717, 1.165) is 4.91 Å². The fourth-order valence-electron chi connectivity index (χ4n) is 0.982. The first kappa shape index (κ1) is 11.7. The van der Waals surface area contributed by atoms with Gasteiger partial charge in [0.25, 0.3) is 0 Å². The van der Waals surface area contributed by atoms with Crippen molar-refractivity contribution in [3.63, 3.8) is 0 Å². The molecular weight excluding hydrogens is 227 g/mol. The van der Waals surface area contributed by atoms with E-state index in [1.54, 1.807) is 5.82 Å². The van der Waals surface area contributed by atoms with Crippen LogP contribution >= 0.6 is 32.0 Å². The van der Waals surface area contributed by atoms with Crippen LogP contribution in [0.2, 0.25) is 0 Å². The minimum atomic E-state index is -2.94. The van der Waals surface area contributed by atoms with Crippen LogP contribution in [0.25, 0.3) is 0 Å². The molecule has 0 fully saturated rings. The quantitative estimate of drug-likeness (QED) is 0.467. The lowest BCUT2D eigenvalue weighted by Crippen LogP contribution is -2.02. The third kappa shape index (κ3) is 3.03. The molecule has 0 aromatic carbocycles. The third-order valence-electron chi connectivity index (χ3n) is 1.55. The average molecular weight is 240 g/mol. The lowest BCUT2D eigenvalue weighted by molar-refractivity contribution is 0.222. The maximum atomic E-state index is 11.6. The van der Waals surface area contributed by atoms with Gasteiger partial charge in [0, 0.05) is 22.4 Å². The first-order valence-corrected chi connectivity index (χ1v) is 6.89. The fraction of sp³-hybridized carbons (Fsp3) is 0.714. The third-order valence-corrected chi connectivity index (χ3v) is 4.82. The van der Waals surface area contributed by atoms with Crippen molar-refractivity contribution in [2.24, 2.45) is 0 Å². The van der Waals surface area contributed by atoms with Gasteiger partial charge < -0.3 is 4.52 Å². The van der Waals surface area contributed by atoms with Crippen molar-refractivity contribution in [2.75, 3.05) is 7.11 Å². The summed E-state index contributed by atoms with van der Waals surface area (Å²) in [5, 5.41) is 0. The minimum Gasteiger partial charge on any atom is -0.309 e. The summed E-state index contributed by atoms with van der Waals surface area (Å²) in [5.41, 5.74) is 0. The number of thioether (sulfide) groups is 1. The second kappa shape index (κ2) is 4.41. The van der Waals surface area contributed by atoms with E-state index >= 15 is 0 Å². The molecule has 0 spiro atoms. The van der Waals surface area contributed by atoms with Gasteiger partial charge in [-0.05, 0) is 13.8 Å². The predicted octanol–water partition coefficient (Wildman–Crippen LogP) is 3.10. The molecule has 0 amide bonds. The molecule has 76 valence electrons. The van der Waals surface area contributed by atoms with Gasteiger partial charge in [-0.25, -0.2) is 0 Å². The van der Waals surface area contributed by atoms with E-state index in [9.17, 15) is 4.57 Å². The Morgan fingerprint density at radius 2 is 2.46 bits per heavy atom. The highest BCUT2D eigenvalue weighted by Gasteiger charge is 2.33. The van der Waals surface area contributed by atoms with Gasteiger partial charge >= 0.3 is 7.60 Å². The molecule has 3 unspecified atom stereocenters. The highest BCUT2D eigenvalue weighted by atomic mass is 32.2. The Kier molecular flexibility index (Phi) is 3.95. The van der Waals surface area contributed by atoms with Gasteiger partial charge in [0.1, 0.15) is 0 Å². The zero-order chi connectivity index (χ0) is 10.1. The second-order valence-electron chi connectivity index (χ2n) is 2.72. The van der Waals surface area contributed by atoms with Crippen LogP contribution in [-0.2, 0) is 13.6 Å². The molecule has 0 bridgehead atoms. The zero-order valence-corrected chi connectivity index (χ0v) is 10.4. The van der Waals surface area contributed by atoms with Crippen LogP contribution in [0.15, 0.2) is 10.7 Å². The Morgan fingerprint density at radius 3 is 2.85 bits per heavy atom. The van der Waals surface area contributed by atoms with Crippen molar-refractivity contribution in [3.8, 4) is 0 Å². The van der Waals surface area contributed by atoms with Crippen LogP contribution < -0.4 is 0 Å². The van der Waals surface area contributed by atoms with Gasteiger partial charge in [0.05, 0.1) is 6.10 Å². The van der Waals surface area contributed by atoms with Crippen LogP contribution in [0.1, 0.15) is 13.8 Å². The number of hydrogen-bond acceptors (Lipinski definition) is 5. The van der Waals surface area contributed by atoms with Gasteiger partial charge in [-0.2, -0.15) is 12.6 Å². The van der Waals surface area contributed by atoms with Crippen molar-refractivity contribution in [2.45, 2.75) is 24.5 Å². The molecule has 3 nitrogen and oxygen atoms in total. The SMILES string of the molecule is COP1(=O)C=C(SC(C)S)C(C)O1. The molecule has 1 aliphatic heterocycles. The van der Waals surface area contributed by atoms with Gasteiger partial charge in [-0.3, -0.25) is 9.09 Å². The van der Waals surface area contributed by atoms with Crippen LogP contribution in [0, 0.1) is 0 Å². The average Bonchev–Trinajstić information content (AvgIpc) is 2.27. The Hall–Kier alpha value is 0.590. The maximum Gasteiger partial charge on any atom is 0.355 e. The summed E-state index contributed by atoms with van der Waals surface area (Å²) >= 11 is 5.77. The molecule has 1 rings (SSSR count). The van der Waals surface area contributed by atoms with E-state index < -0.39 is 7.60 Å². The zero-order valence-electron chi connectivity index (χ0n) is 7.76. The van der Waals surface area contributed by atoms with E-state index in [-0.39, 0.29) is 10.7 Å². The molecule has 0 saturated heterocycles. The summed E-state index contributed by atoms with van der Waals surface area (Å²) in [6.45, 7) is 3.81. The minimum absolute atomic E-state index is 0.148. The van der Waals surface area contributed by atoms with E-state index in [1.165, 1.54) is 18.9 Å². The largest absolute Gasteiger partial charge is 0.355 e. The Balaban J connectivity index is 2.74. The fourth-order valence-corrected chi connectivity index (χ4v) is 4.01. The molecule has 0 aromatic rings. The molecule has 3 atom stereocenters. The van der Waals surface area contributed by atoms with Gasteiger partial charge in [-0.15, -0.1) is 11.8 Å². The van der Waals surface area contributed by atoms with Crippen molar-refractivity contribution >= 4 is 32.0 Å². The monoisotopic (exact) mass is 240 g/mol. The molecule has 1 heterocycles. The highest BCUT2D eigenvalue weighted by molar-refractivity contribution is 8.13. The van der Waals surface area contributed by atoms with Crippen LogP contribution in [0.4, 0.5) is 0 Å². The van der Waals surface area contributed by atoms with Crippen LogP contribution in [0.3, 0.4) is 0 Å². The lowest BCUT2D eigenvalue weighted by atomic mass is 10.4. The smallest absolute Gasteiger partial charge is 0.309 e. The van der Waals surface area contributed by atoms with Gasteiger partial charge in [0.15, 0.2) is 0 Å². The number of thiol groups is 1. The second-order valence-corrected chi connectivity index (χ2v) is 7.17. The molecule has 0 aromatic heterocycles. The van der Waals surface area contributed by atoms with E-state index in [4.69, 9.17) is 9.05 Å². The molecule has 0 N–H and O–H groups in total. The van der Waals surface area contributed by atoms with E-state index in [0.29, 0.717) is 0 Å². The summed E-state index contributed by atoms with van der Waals surface area (Å²) in [5.74, 6) is 1.58. The molecule has 1 aliphatic rings. The van der Waals surface area contributed by atoms with Crippen LogP contribution in [0.5, 0.6) is 0 Å². The first-order chi connectivity index (χ1) is 5.97. The van der Waals surface area contributed by atoms with Gasteiger partial charge in [-0.1, -0.05) is 0 Å². The number of rotatable bonds is 3. The molecule has 0 aliphatic carbocycles. The molecule has 13 heavy (non-hydrogen) atoms. The van der Waals surface area contributed by atoms with Crippen molar-refractivity contribution in [1.82, 2.24) is 0 Å². The topological polar surface area (TPSA) is 35.5 Å². The molecular formula is C7H13O3PS2. The van der Waals surface area contributed by atoms with Crippen molar-refractivity contribution in [3.05, 3.63) is 10.7 Å². The lowest BCUT2D eigenvalue weighted by Gasteiger charge is -2.10.